The molecule has 3 aromatic heterocycles. The highest BCUT2D eigenvalue weighted by Crippen LogP contribution is 2.39. The van der Waals surface area contributed by atoms with E-state index in [-0.39, 0.29) is 5.69 Å². The molecule has 1 aromatic carbocycles. The molecule has 4 rings (SSSR count). The fourth-order valence-corrected chi connectivity index (χ4v) is 4.47. The van der Waals surface area contributed by atoms with Gasteiger partial charge in [-0.05, 0) is 23.9 Å². The van der Waals surface area contributed by atoms with Gasteiger partial charge in [-0.25, -0.2) is 9.97 Å². The average Bonchev–Trinajstić information content (AvgIpc) is 3.38. The maximum absolute atomic E-state index is 11.7. The van der Waals surface area contributed by atoms with Gasteiger partial charge in [-0.3, -0.25) is 14.8 Å². The maximum Gasteiger partial charge on any atom is 0.294 e. The normalized spacial score (nSPS) is 11.0. The van der Waals surface area contributed by atoms with Crippen LogP contribution in [0.5, 0.6) is 5.75 Å². The van der Waals surface area contributed by atoms with Crippen molar-refractivity contribution in [1.82, 2.24) is 19.7 Å². The van der Waals surface area contributed by atoms with E-state index in [1.807, 2.05) is 42.0 Å². The van der Waals surface area contributed by atoms with Gasteiger partial charge in [0.25, 0.3) is 5.69 Å². The third-order valence-electron chi connectivity index (χ3n) is 5.07. The van der Waals surface area contributed by atoms with E-state index in [1.54, 1.807) is 29.7 Å². The molecule has 0 atom stereocenters. The number of nitrogens with one attached hydrogen (secondary N) is 1. The Morgan fingerprint density at radius 2 is 2.16 bits per heavy atom. The Morgan fingerprint density at radius 3 is 2.88 bits per heavy atom. The van der Waals surface area contributed by atoms with Crippen molar-refractivity contribution in [2.45, 2.75) is 13.3 Å². The molecule has 0 bridgehead atoms. The van der Waals surface area contributed by atoms with Crippen LogP contribution < -0.4 is 15.0 Å². The number of nitrogens with zero attached hydrogens (tertiary/aromatic N) is 6. The van der Waals surface area contributed by atoms with Gasteiger partial charge >= 0.3 is 0 Å². The second-order valence-corrected chi connectivity index (χ2v) is 8.13. The molecule has 0 unspecified atom stereocenters. The van der Waals surface area contributed by atoms with Crippen LogP contribution in [0.1, 0.15) is 13.3 Å². The molecule has 32 heavy (non-hydrogen) atoms. The summed E-state index contributed by atoms with van der Waals surface area (Å²) in [5.74, 6) is 0.751. The standard InChI is InChI=1S/C21H23N7O3S/c1-5-9-26(2)16-12-18(31-4)14(11-17(16)28(29)30)24-21-22-8-6-13(23-21)19-20-15(7-10-32-20)27(3)25-19/h6-8,10-12H,5,9H2,1-4H3,(H,22,23,24). The predicted octanol–water partition coefficient (Wildman–Crippen LogP) is 4.60. The first-order valence-electron chi connectivity index (χ1n) is 10.0. The van der Waals surface area contributed by atoms with Crippen LogP contribution in [0.3, 0.4) is 0 Å². The van der Waals surface area contributed by atoms with Crippen LogP contribution in [0, 0.1) is 10.1 Å². The zero-order valence-corrected chi connectivity index (χ0v) is 19.0. The Labute approximate surface area is 188 Å². The summed E-state index contributed by atoms with van der Waals surface area (Å²) in [6, 6.07) is 6.91. The third-order valence-corrected chi connectivity index (χ3v) is 5.98. The zero-order valence-electron chi connectivity index (χ0n) is 18.2. The van der Waals surface area contributed by atoms with Crippen molar-refractivity contribution >= 4 is 44.6 Å². The van der Waals surface area contributed by atoms with E-state index >= 15 is 0 Å². The Morgan fingerprint density at radius 1 is 1.34 bits per heavy atom. The Kier molecular flexibility index (Phi) is 5.91. The molecule has 4 aromatic rings. The molecule has 0 saturated carbocycles. The number of nitro groups is 1. The van der Waals surface area contributed by atoms with Gasteiger partial charge in [0.2, 0.25) is 5.95 Å². The lowest BCUT2D eigenvalue weighted by Crippen LogP contribution is -2.19. The summed E-state index contributed by atoms with van der Waals surface area (Å²) in [5, 5.41) is 21.4. The lowest BCUT2D eigenvalue weighted by Gasteiger charge is -2.20. The quantitative estimate of drug-likeness (QED) is 0.304. The van der Waals surface area contributed by atoms with E-state index in [0.29, 0.717) is 35.3 Å². The van der Waals surface area contributed by atoms with Crippen LogP contribution in [0.4, 0.5) is 23.0 Å². The van der Waals surface area contributed by atoms with E-state index in [4.69, 9.17) is 4.74 Å². The third kappa shape index (κ3) is 3.94. The largest absolute Gasteiger partial charge is 0.494 e. The van der Waals surface area contributed by atoms with Crippen LogP contribution >= 0.6 is 11.3 Å². The summed E-state index contributed by atoms with van der Waals surface area (Å²) in [5.41, 5.74) is 3.32. The van der Waals surface area contributed by atoms with Gasteiger partial charge in [0.15, 0.2) is 0 Å². The maximum atomic E-state index is 11.7. The molecule has 11 heteroatoms. The first-order valence-corrected chi connectivity index (χ1v) is 10.9. The minimum Gasteiger partial charge on any atom is -0.494 e. The molecule has 1 N–H and O–H groups in total. The first kappa shape index (κ1) is 21.5. The number of methoxy groups -OCH3 is 1. The smallest absolute Gasteiger partial charge is 0.294 e. The van der Waals surface area contributed by atoms with E-state index in [2.05, 4.69) is 20.4 Å². The van der Waals surface area contributed by atoms with Gasteiger partial charge in [-0.2, -0.15) is 5.10 Å². The zero-order chi connectivity index (χ0) is 22.8. The van der Waals surface area contributed by atoms with E-state index in [9.17, 15) is 10.1 Å². The van der Waals surface area contributed by atoms with Crippen molar-refractivity contribution in [3.8, 4) is 17.1 Å². The molecule has 0 aliphatic rings. The van der Waals surface area contributed by atoms with Crippen LogP contribution in [-0.2, 0) is 7.05 Å². The highest BCUT2D eigenvalue weighted by atomic mass is 32.1. The molecule has 0 fully saturated rings. The van der Waals surface area contributed by atoms with Gasteiger partial charge in [0.05, 0.1) is 33.6 Å². The predicted molar refractivity (Wildman–Crippen MR) is 126 cm³/mol. The topological polar surface area (TPSA) is 111 Å². The minimum atomic E-state index is -0.398. The molecule has 0 amide bonds. The van der Waals surface area contributed by atoms with Crippen LogP contribution in [0.15, 0.2) is 35.8 Å². The van der Waals surface area contributed by atoms with Gasteiger partial charge in [-0.1, -0.05) is 6.92 Å². The van der Waals surface area contributed by atoms with Crippen molar-refractivity contribution in [2.24, 2.45) is 7.05 Å². The summed E-state index contributed by atoms with van der Waals surface area (Å²) in [7, 11) is 5.23. The number of aryl methyl sites for hydroxylation is 1. The molecule has 0 radical (unpaired) electrons. The Bertz CT molecular complexity index is 1280. The van der Waals surface area contributed by atoms with Gasteiger partial charge in [-0.15, -0.1) is 11.3 Å². The number of aromatic nitrogens is 4. The van der Waals surface area contributed by atoms with Crippen molar-refractivity contribution in [1.29, 1.82) is 0 Å². The van der Waals surface area contributed by atoms with E-state index in [1.165, 1.54) is 13.2 Å². The van der Waals surface area contributed by atoms with Crippen molar-refractivity contribution < 1.29 is 9.66 Å². The number of nitro benzene ring substituents is 1. The van der Waals surface area contributed by atoms with Crippen LogP contribution in [0.2, 0.25) is 0 Å². The number of hydrogen-bond donors (Lipinski definition) is 1. The monoisotopic (exact) mass is 453 g/mol. The van der Waals surface area contributed by atoms with Crippen molar-refractivity contribution in [3.63, 3.8) is 0 Å². The first-order chi connectivity index (χ1) is 15.4. The molecule has 10 nitrogen and oxygen atoms in total. The summed E-state index contributed by atoms with van der Waals surface area (Å²) < 4.78 is 8.35. The van der Waals surface area contributed by atoms with Gasteiger partial charge in [0, 0.05) is 39.0 Å². The molecule has 0 saturated heterocycles. The lowest BCUT2D eigenvalue weighted by atomic mass is 10.2. The lowest BCUT2D eigenvalue weighted by molar-refractivity contribution is -0.384. The summed E-state index contributed by atoms with van der Waals surface area (Å²) in [6.45, 7) is 2.70. The number of ether oxygens (including phenoxy) is 1. The Hall–Kier alpha value is -3.73. The fraction of sp³-hybridized carbons (Fsp3) is 0.286. The summed E-state index contributed by atoms with van der Waals surface area (Å²) >= 11 is 1.60. The highest BCUT2D eigenvalue weighted by Gasteiger charge is 2.22. The fourth-order valence-electron chi connectivity index (χ4n) is 3.55. The number of hydrogen-bond acceptors (Lipinski definition) is 9. The van der Waals surface area contributed by atoms with Crippen LogP contribution in [0.25, 0.3) is 21.6 Å². The second kappa shape index (κ2) is 8.79. The molecular formula is C21H23N7O3S. The molecule has 0 aliphatic carbocycles. The molecule has 0 aliphatic heterocycles. The Balaban J connectivity index is 1.73. The number of fused-ring (bicyclic) bond motifs is 1. The number of anilines is 3. The van der Waals surface area contributed by atoms with E-state index < -0.39 is 4.92 Å². The molecule has 3 heterocycles. The summed E-state index contributed by atoms with van der Waals surface area (Å²) in [6.07, 6.45) is 2.49. The number of rotatable bonds is 8. The van der Waals surface area contributed by atoms with Gasteiger partial charge in [0.1, 0.15) is 17.1 Å². The molecular weight excluding hydrogens is 430 g/mol. The number of benzene rings is 1. The average molecular weight is 454 g/mol. The molecule has 0 spiro atoms. The van der Waals surface area contributed by atoms with Crippen molar-refractivity contribution in [2.75, 3.05) is 30.9 Å². The van der Waals surface area contributed by atoms with Crippen molar-refractivity contribution in [3.05, 3.63) is 46.0 Å². The van der Waals surface area contributed by atoms with Gasteiger partial charge < -0.3 is 15.0 Å². The second-order valence-electron chi connectivity index (χ2n) is 7.22. The molecule has 166 valence electrons. The van der Waals surface area contributed by atoms with Crippen LogP contribution in [-0.4, -0.2) is 45.4 Å². The SMILES string of the molecule is CCCN(C)c1cc(OC)c(Nc2nccc(-c3nn(C)c4ccsc34)n2)cc1[N+](=O)[O-]. The summed E-state index contributed by atoms with van der Waals surface area (Å²) in [4.78, 5) is 22.1. The van der Waals surface area contributed by atoms with E-state index in [0.717, 1.165) is 22.3 Å². The minimum absolute atomic E-state index is 0.0228. The number of thiophene rings is 1. The highest BCUT2D eigenvalue weighted by molar-refractivity contribution is 7.17.